The van der Waals surface area contributed by atoms with Crippen LogP contribution >= 0.6 is 12.4 Å². The van der Waals surface area contributed by atoms with Crippen LogP contribution in [0.1, 0.15) is 23.0 Å². The van der Waals surface area contributed by atoms with Crippen molar-refractivity contribution in [3.63, 3.8) is 0 Å². The molecule has 1 heterocycles. The van der Waals surface area contributed by atoms with Crippen molar-refractivity contribution in [3.05, 3.63) is 29.6 Å². The predicted octanol–water partition coefficient (Wildman–Crippen LogP) is 1.81. The van der Waals surface area contributed by atoms with Crippen molar-refractivity contribution in [1.29, 1.82) is 0 Å². The van der Waals surface area contributed by atoms with Crippen LogP contribution in [-0.2, 0) is 6.18 Å². The SMILES string of the molecule is CC(=O)c1ccc(C(F)(F)F)nc1.Cl.[MgH2]. The number of aromatic nitrogens is 1. The minimum Gasteiger partial charge on any atom is -0.294 e. The number of pyridine rings is 1. The first-order valence-corrected chi connectivity index (χ1v) is 3.45. The van der Waals surface area contributed by atoms with Gasteiger partial charge in [-0.3, -0.25) is 9.78 Å². The van der Waals surface area contributed by atoms with E-state index in [1.165, 1.54) is 6.92 Å². The van der Waals surface area contributed by atoms with Crippen LogP contribution in [0.5, 0.6) is 0 Å². The monoisotopic (exact) mass is 251 g/mol. The first-order chi connectivity index (χ1) is 5.91. The highest BCUT2D eigenvalue weighted by molar-refractivity contribution is 5.93. The van der Waals surface area contributed by atoms with Gasteiger partial charge in [0.2, 0.25) is 0 Å². The van der Waals surface area contributed by atoms with Gasteiger partial charge in [-0.05, 0) is 19.1 Å². The van der Waals surface area contributed by atoms with E-state index in [4.69, 9.17) is 0 Å². The zero-order valence-corrected chi connectivity index (χ0v) is 7.95. The maximum atomic E-state index is 12.0. The molecule has 0 amide bonds. The number of halogens is 4. The fourth-order valence-corrected chi connectivity index (χ4v) is 0.770. The molecule has 0 aliphatic heterocycles. The Morgan fingerprint density at radius 3 is 2.13 bits per heavy atom. The summed E-state index contributed by atoms with van der Waals surface area (Å²) in [6, 6.07) is 1.90. The molecule has 0 saturated heterocycles. The van der Waals surface area contributed by atoms with Crippen molar-refractivity contribution in [2.45, 2.75) is 13.1 Å². The van der Waals surface area contributed by atoms with E-state index in [1.807, 2.05) is 0 Å². The maximum absolute atomic E-state index is 12.0. The van der Waals surface area contributed by atoms with Gasteiger partial charge in [-0.1, -0.05) is 0 Å². The minimum atomic E-state index is -4.45. The third-order valence-electron chi connectivity index (χ3n) is 1.46. The van der Waals surface area contributed by atoms with E-state index < -0.39 is 11.9 Å². The summed E-state index contributed by atoms with van der Waals surface area (Å²) < 4.78 is 35.9. The zero-order valence-electron chi connectivity index (χ0n) is 7.13. The molecule has 0 bridgehead atoms. The number of nitrogens with zero attached hydrogens (tertiary/aromatic N) is 1. The summed E-state index contributed by atoms with van der Waals surface area (Å²) >= 11 is 0. The van der Waals surface area contributed by atoms with Crippen molar-refractivity contribution >= 4 is 41.2 Å². The summed E-state index contributed by atoms with van der Waals surface area (Å²) in [6.45, 7) is 1.27. The molecule has 0 unspecified atom stereocenters. The second-order valence-corrected chi connectivity index (χ2v) is 2.49. The highest BCUT2D eigenvalue weighted by atomic mass is 35.5. The van der Waals surface area contributed by atoms with Gasteiger partial charge < -0.3 is 0 Å². The fourth-order valence-electron chi connectivity index (χ4n) is 0.770. The van der Waals surface area contributed by atoms with Gasteiger partial charge in [0.25, 0.3) is 0 Å². The van der Waals surface area contributed by atoms with Crippen LogP contribution in [0.15, 0.2) is 18.3 Å². The van der Waals surface area contributed by atoms with Crippen LogP contribution in [0.3, 0.4) is 0 Å². The highest BCUT2D eigenvalue weighted by Crippen LogP contribution is 2.27. The number of alkyl halides is 3. The van der Waals surface area contributed by atoms with E-state index in [-0.39, 0.29) is 46.8 Å². The van der Waals surface area contributed by atoms with Crippen LogP contribution in [-0.4, -0.2) is 33.8 Å². The molecule has 82 valence electrons. The molecule has 1 aromatic rings. The summed E-state index contributed by atoms with van der Waals surface area (Å²) in [6.07, 6.45) is -3.53. The molecular formula is C8H9ClF3MgNO. The third-order valence-corrected chi connectivity index (χ3v) is 1.46. The summed E-state index contributed by atoms with van der Waals surface area (Å²) in [5.74, 6) is -0.304. The molecular weight excluding hydrogens is 243 g/mol. The predicted molar refractivity (Wildman–Crippen MR) is 55.0 cm³/mol. The van der Waals surface area contributed by atoms with E-state index in [1.54, 1.807) is 0 Å². The number of Topliss-reactive ketones (excluding diaryl/α,β-unsaturated/α-hetero) is 1. The second-order valence-electron chi connectivity index (χ2n) is 2.49. The van der Waals surface area contributed by atoms with Gasteiger partial charge in [0, 0.05) is 11.8 Å². The minimum absolute atomic E-state index is 0. The van der Waals surface area contributed by atoms with Crippen LogP contribution in [0.4, 0.5) is 13.2 Å². The van der Waals surface area contributed by atoms with Crippen LogP contribution in [0, 0.1) is 0 Å². The van der Waals surface area contributed by atoms with Crippen molar-refractivity contribution < 1.29 is 18.0 Å². The van der Waals surface area contributed by atoms with Gasteiger partial charge in [0.1, 0.15) is 5.69 Å². The lowest BCUT2D eigenvalue weighted by Crippen LogP contribution is -2.08. The lowest BCUT2D eigenvalue weighted by Gasteiger charge is -2.04. The zero-order chi connectivity index (χ0) is 10.1. The molecule has 15 heavy (non-hydrogen) atoms. The van der Waals surface area contributed by atoms with Crippen molar-refractivity contribution in [2.24, 2.45) is 0 Å². The molecule has 7 heteroatoms. The smallest absolute Gasteiger partial charge is 0.294 e. The molecule has 0 saturated carbocycles. The molecule has 0 N–H and O–H groups in total. The first-order valence-electron chi connectivity index (χ1n) is 3.45. The normalized spacial score (nSPS) is 9.87. The highest BCUT2D eigenvalue weighted by Gasteiger charge is 2.32. The van der Waals surface area contributed by atoms with E-state index in [2.05, 4.69) is 4.98 Å². The molecule has 0 aliphatic carbocycles. The molecule has 0 fully saturated rings. The average molecular weight is 252 g/mol. The van der Waals surface area contributed by atoms with Crippen molar-refractivity contribution in [2.75, 3.05) is 0 Å². The van der Waals surface area contributed by atoms with Gasteiger partial charge in [0.15, 0.2) is 5.78 Å². The number of hydrogen-bond acceptors (Lipinski definition) is 2. The van der Waals surface area contributed by atoms with Crippen molar-refractivity contribution in [1.82, 2.24) is 4.98 Å². The van der Waals surface area contributed by atoms with E-state index >= 15 is 0 Å². The summed E-state index contributed by atoms with van der Waals surface area (Å²) in [5, 5.41) is 0. The topological polar surface area (TPSA) is 30.0 Å². The number of ketones is 1. The van der Waals surface area contributed by atoms with Crippen LogP contribution in [0.25, 0.3) is 0 Å². The fraction of sp³-hybridized carbons (Fsp3) is 0.250. The quantitative estimate of drug-likeness (QED) is 0.563. The van der Waals surface area contributed by atoms with Gasteiger partial charge in [-0.15, -0.1) is 12.4 Å². The first kappa shape index (κ1) is 17.1. The Hall–Kier alpha value is -0.334. The Morgan fingerprint density at radius 2 is 1.87 bits per heavy atom. The largest absolute Gasteiger partial charge is 0.433 e. The summed E-state index contributed by atoms with van der Waals surface area (Å²) in [4.78, 5) is 13.8. The van der Waals surface area contributed by atoms with Crippen LogP contribution < -0.4 is 0 Å². The Bertz CT molecular complexity index is 326. The lowest BCUT2D eigenvalue weighted by atomic mass is 10.2. The Balaban J connectivity index is 0. The maximum Gasteiger partial charge on any atom is 0.433 e. The second kappa shape index (κ2) is 6.29. The van der Waals surface area contributed by atoms with Gasteiger partial charge >= 0.3 is 29.2 Å². The number of hydrogen-bond donors (Lipinski definition) is 0. The Labute approximate surface area is 107 Å². The molecule has 0 radical (unpaired) electrons. The Kier molecular flexibility index (Phi) is 7.16. The van der Waals surface area contributed by atoms with E-state index in [0.29, 0.717) is 0 Å². The standard InChI is InChI=1S/C8H6F3NO.ClH.Mg.2H/c1-5(13)6-2-3-7(12-4-6)8(9,10)11;;;;/h2-4H,1H3;1H;;;. The van der Waals surface area contributed by atoms with Crippen LogP contribution in [0.2, 0.25) is 0 Å². The average Bonchev–Trinajstić information content (AvgIpc) is 2.03. The van der Waals surface area contributed by atoms with E-state index in [0.717, 1.165) is 18.3 Å². The molecule has 1 rings (SSSR count). The van der Waals surface area contributed by atoms with Gasteiger partial charge in [-0.25, -0.2) is 0 Å². The molecule has 0 spiro atoms. The summed E-state index contributed by atoms with van der Waals surface area (Å²) in [7, 11) is 0. The number of carbonyl (C=O) groups is 1. The van der Waals surface area contributed by atoms with Gasteiger partial charge in [0.05, 0.1) is 0 Å². The number of rotatable bonds is 1. The van der Waals surface area contributed by atoms with E-state index in [9.17, 15) is 18.0 Å². The molecule has 0 aliphatic rings. The third kappa shape index (κ3) is 4.81. The molecule has 2 nitrogen and oxygen atoms in total. The molecule has 0 atom stereocenters. The summed E-state index contributed by atoms with van der Waals surface area (Å²) in [5.41, 5.74) is -0.814. The molecule has 1 aromatic heterocycles. The molecule has 0 aromatic carbocycles. The van der Waals surface area contributed by atoms with Gasteiger partial charge in [-0.2, -0.15) is 13.2 Å². The number of carbonyl (C=O) groups excluding carboxylic acids is 1. The Morgan fingerprint density at radius 1 is 1.33 bits per heavy atom. The lowest BCUT2D eigenvalue weighted by molar-refractivity contribution is -0.141. The van der Waals surface area contributed by atoms with Crippen molar-refractivity contribution in [3.8, 4) is 0 Å².